The molecule has 0 fully saturated rings. The van der Waals surface area contributed by atoms with Gasteiger partial charge in [-0.3, -0.25) is 4.79 Å². The van der Waals surface area contributed by atoms with Crippen LogP contribution in [0.1, 0.15) is 39.7 Å². The Morgan fingerprint density at radius 1 is 1.35 bits per heavy atom. The van der Waals surface area contributed by atoms with Crippen molar-refractivity contribution in [2.75, 3.05) is 4.90 Å². The first-order chi connectivity index (χ1) is 7.88. The standard InChI is InChI=1S/C15H21NO/c1-11-9-12-7-5-6-8-13(12)16(11)14(17)10-15(2,3)4/h5-8,11H,9-10H2,1-4H3. The summed E-state index contributed by atoms with van der Waals surface area (Å²) in [4.78, 5) is 14.3. The van der Waals surface area contributed by atoms with Crippen molar-refractivity contribution < 1.29 is 4.79 Å². The summed E-state index contributed by atoms with van der Waals surface area (Å²) in [6.07, 6.45) is 1.58. The molecule has 1 atom stereocenters. The number of amides is 1. The predicted octanol–water partition coefficient (Wildman–Crippen LogP) is 3.40. The lowest BCUT2D eigenvalue weighted by Gasteiger charge is -2.27. The third kappa shape index (κ3) is 2.51. The van der Waals surface area contributed by atoms with Crippen LogP contribution in [0.25, 0.3) is 0 Å². The molecule has 0 aliphatic carbocycles. The largest absolute Gasteiger partial charge is 0.309 e. The molecule has 0 N–H and O–H groups in total. The van der Waals surface area contributed by atoms with Crippen LogP contribution in [-0.4, -0.2) is 11.9 Å². The zero-order valence-electron chi connectivity index (χ0n) is 11.2. The maximum absolute atomic E-state index is 12.4. The summed E-state index contributed by atoms with van der Waals surface area (Å²) in [7, 11) is 0. The molecule has 1 unspecified atom stereocenters. The Morgan fingerprint density at radius 2 is 2.00 bits per heavy atom. The maximum atomic E-state index is 12.4. The molecular weight excluding hydrogens is 210 g/mol. The number of fused-ring (bicyclic) bond motifs is 1. The van der Waals surface area contributed by atoms with Crippen LogP contribution in [-0.2, 0) is 11.2 Å². The van der Waals surface area contributed by atoms with Gasteiger partial charge < -0.3 is 4.90 Å². The van der Waals surface area contributed by atoms with Gasteiger partial charge in [-0.15, -0.1) is 0 Å². The van der Waals surface area contributed by atoms with Crippen molar-refractivity contribution in [1.29, 1.82) is 0 Å². The van der Waals surface area contributed by atoms with Crippen molar-refractivity contribution in [2.24, 2.45) is 5.41 Å². The van der Waals surface area contributed by atoms with Crippen molar-refractivity contribution in [3.05, 3.63) is 29.8 Å². The van der Waals surface area contributed by atoms with E-state index >= 15 is 0 Å². The molecule has 1 heterocycles. The van der Waals surface area contributed by atoms with E-state index in [0.29, 0.717) is 12.5 Å². The van der Waals surface area contributed by atoms with E-state index in [0.717, 1.165) is 12.1 Å². The van der Waals surface area contributed by atoms with Gasteiger partial charge in [0.05, 0.1) is 0 Å². The van der Waals surface area contributed by atoms with Crippen molar-refractivity contribution in [1.82, 2.24) is 0 Å². The second kappa shape index (κ2) is 4.17. The first-order valence-corrected chi connectivity index (χ1v) is 6.28. The van der Waals surface area contributed by atoms with Crippen molar-refractivity contribution in [3.63, 3.8) is 0 Å². The minimum absolute atomic E-state index is 0.0499. The van der Waals surface area contributed by atoms with Gasteiger partial charge in [0, 0.05) is 18.2 Å². The molecule has 2 nitrogen and oxygen atoms in total. The summed E-state index contributed by atoms with van der Waals surface area (Å²) in [5, 5.41) is 0. The first-order valence-electron chi connectivity index (χ1n) is 6.28. The van der Waals surface area contributed by atoms with Crippen LogP contribution in [0, 0.1) is 5.41 Å². The highest BCUT2D eigenvalue weighted by atomic mass is 16.2. The highest BCUT2D eigenvalue weighted by molar-refractivity contribution is 5.96. The minimum Gasteiger partial charge on any atom is -0.309 e. The average molecular weight is 231 g/mol. The Morgan fingerprint density at radius 3 is 2.65 bits per heavy atom. The number of hydrogen-bond donors (Lipinski definition) is 0. The predicted molar refractivity (Wildman–Crippen MR) is 71.2 cm³/mol. The van der Waals surface area contributed by atoms with E-state index < -0.39 is 0 Å². The van der Waals surface area contributed by atoms with E-state index in [-0.39, 0.29) is 11.3 Å². The second-order valence-corrected chi connectivity index (χ2v) is 6.18. The molecule has 2 rings (SSSR count). The third-order valence-corrected chi connectivity index (χ3v) is 3.16. The number of carbonyl (C=O) groups is 1. The molecule has 1 aliphatic heterocycles. The third-order valence-electron chi connectivity index (χ3n) is 3.16. The van der Waals surface area contributed by atoms with Gasteiger partial charge in [-0.05, 0) is 30.4 Å². The molecule has 0 radical (unpaired) electrons. The number of carbonyl (C=O) groups excluding carboxylic acids is 1. The van der Waals surface area contributed by atoms with Gasteiger partial charge in [-0.2, -0.15) is 0 Å². The topological polar surface area (TPSA) is 20.3 Å². The van der Waals surface area contributed by atoms with Crippen LogP contribution in [0.4, 0.5) is 5.69 Å². The van der Waals surface area contributed by atoms with Gasteiger partial charge in [-0.25, -0.2) is 0 Å². The zero-order chi connectivity index (χ0) is 12.6. The fourth-order valence-corrected chi connectivity index (χ4v) is 2.48. The van der Waals surface area contributed by atoms with E-state index in [1.807, 2.05) is 17.0 Å². The molecule has 2 heteroatoms. The molecule has 1 aromatic carbocycles. The molecule has 1 amide bonds. The molecule has 0 spiro atoms. The van der Waals surface area contributed by atoms with Gasteiger partial charge in [-0.1, -0.05) is 39.0 Å². The van der Waals surface area contributed by atoms with E-state index in [4.69, 9.17) is 0 Å². The van der Waals surface area contributed by atoms with Crippen molar-refractivity contribution >= 4 is 11.6 Å². The van der Waals surface area contributed by atoms with Gasteiger partial charge >= 0.3 is 0 Å². The molecule has 0 bridgehead atoms. The van der Waals surface area contributed by atoms with Crippen LogP contribution in [0.5, 0.6) is 0 Å². The summed E-state index contributed by atoms with van der Waals surface area (Å²) in [5.74, 6) is 0.245. The SMILES string of the molecule is CC1Cc2ccccc2N1C(=O)CC(C)(C)C. The molecule has 1 aromatic rings. The van der Waals surface area contributed by atoms with Gasteiger partial charge in [0.25, 0.3) is 0 Å². The number of hydrogen-bond acceptors (Lipinski definition) is 1. The van der Waals surface area contributed by atoms with Crippen LogP contribution < -0.4 is 4.90 Å². The number of anilines is 1. The number of benzene rings is 1. The fraction of sp³-hybridized carbons (Fsp3) is 0.533. The summed E-state index contributed by atoms with van der Waals surface area (Å²) >= 11 is 0. The zero-order valence-corrected chi connectivity index (χ0v) is 11.2. The number of nitrogens with zero attached hydrogens (tertiary/aromatic N) is 1. The Bertz CT molecular complexity index is 431. The quantitative estimate of drug-likeness (QED) is 0.725. The first kappa shape index (κ1) is 12.2. The Labute approximate surface area is 104 Å². The van der Waals surface area contributed by atoms with Crippen LogP contribution in [0.3, 0.4) is 0 Å². The average Bonchev–Trinajstić information content (AvgIpc) is 2.50. The van der Waals surface area contributed by atoms with Gasteiger partial charge in [0.2, 0.25) is 5.91 Å². The molecule has 0 saturated carbocycles. The van der Waals surface area contributed by atoms with Crippen molar-refractivity contribution in [3.8, 4) is 0 Å². The lowest BCUT2D eigenvalue weighted by atomic mass is 9.91. The number of rotatable bonds is 1. The Hall–Kier alpha value is -1.31. The summed E-state index contributed by atoms with van der Waals surface area (Å²) in [5.41, 5.74) is 2.45. The van der Waals surface area contributed by atoms with E-state index in [1.54, 1.807) is 0 Å². The summed E-state index contributed by atoms with van der Waals surface area (Å²) in [6, 6.07) is 8.52. The normalized spacial score (nSPS) is 19.3. The second-order valence-electron chi connectivity index (χ2n) is 6.18. The highest BCUT2D eigenvalue weighted by Gasteiger charge is 2.32. The van der Waals surface area contributed by atoms with Crippen LogP contribution >= 0.6 is 0 Å². The molecule has 17 heavy (non-hydrogen) atoms. The Kier molecular flexibility index (Phi) is 2.98. The lowest BCUT2D eigenvalue weighted by molar-refractivity contribution is -0.120. The van der Waals surface area contributed by atoms with E-state index in [9.17, 15) is 4.79 Å². The lowest BCUT2D eigenvalue weighted by Crippen LogP contribution is -2.37. The molecule has 0 saturated heterocycles. The summed E-state index contributed by atoms with van der Waals surface area (Å²) < 4.78 is 0. The number of para-hydroxylation sites is 1. The monoisotopic (exact) mass is 231 g/mol. The van der Waals surface area contributed by atoms with Crippen LogP contribution in [0.15, 0.2) is 24.3 Å². The van der Waals surface area contributed by atoms with Crippen molar-refractivity contribution in [2.45, 2.75) is 46.6 Å². The maximum Gasteiger partial charge on any atom is 0.227 e. The molecule has 1 aliphatic rings. The smallest absolute Gasteiger partial charge is 0.227 e. The van der Waals surface area contributed by atoms with Crippen LogP contribution in [0.2, 0.25) is 0 Å². The minimum atomic E-state index is 0.0499. The van der Waals surface area contributed by atoms with E-state index in [2.05, 4.69) is 39.8 Å². The molecule has 92 valence electrons. The van der Waals surface area contributed by atoms with Gasteiger partial charge in [0.15, 0.2) is 0 Å². The molecular formula is C15H21NO. The molecule has 0 aromatic heterocycles. The summed E-state index contributed by atoms with van der Waals surface area (Å²) in [6.45, 7) is 8.45. The Balaban J connectivity index is 2.25. The van der Waals surface area contributed by atoms with E-state index in [1.165, 1.54) is 5.56 Å². The van der Waals surface area contributed by atoms with Gasteiger partial charge in [0.1, 0.15) is 0 Å². The fourth-order valence-electron chi connectivity index (χ4n) is 2.48. The highest BCUT2D eigenvalue weighted by Crippen LogP contribution is 2.33.